The van der Waals surface area contributed by atoms with E-state index in [1.165, 1.54) is 47.3 Å². The van der Waals surface area contributed by atoms with E-state index < -0.39 is 24.4 Å². The monoisotopic (exact) mass is 472 g/mol. The Hall–Kier alpha value is -3.16. The van der Waals surface area contributed by atoms with Gasteiger partial charge < -0.3 is 9.67 Å². The molecule has 1 N–H and O–H groups in total. The highest BCUT2D eigenvalue weighted by Gasteiger charge is 2.55. The Morgan fingerprint density at radius 1 is 1.00 bits per heavy atom. The van der Waals surface area contributed by atoms with Crippen molar-refractivity contribution in [1.29, 1.82) is 0 Å². The van der Waals surface area contributed by atoms with Gasteiger partial charge in [0.1, 0.15) is 11.9 Å². The van der Waals surface area contributed by atoms with Gasteiger partial charge in [-0.1, -0.05) is 41.9 Å². The van der Waals surface area contributed by atoms with Crippen molar-refractivity contribution >= 4 is 28.7 Å². The molecule has 0 amide bonds. The molecule has 1 aliphatic rings. The summed E-state index contributed by atoms with van der Waals surface area (Å²) >= 11 is 6.15. The van der Waals surface area contributed by atoms with E-state index in [4.69, 9.17) is 11.6 Å². The molecule has 0 bridgehead atoms. The van der Waals surface area contributed by atoms with Gasteiger partial charge in [0.05, 0.1) is 6.54 Å². The summed E-state index contributed by atoms with van der Waals surface area (Å²) in [4.78, 5) is 4.39. The summed E-state index contributed by atoms with van der Waals surface area (Å²) in [7, 11) is 0. The third-order valence-corrected chi connectivity index (χ3v) is 6.37. The van der Waals surface area contributed by atoms with Crippen molar-refractivity contribution in [1.82, 2.24) is 4.57 Å². The zero-order valence-corrected chi connectivity index (χ0v) is 17.8. The summed E-state index contributed by atoms with van der Waals surface area (Å²) in [5.74, 6) is -0.384. The number of rotatable bonds is 4. The fourth-order valence-electron chi connectivity index (χ4n) is 4.25. The van der Waals surface area contributed by atoms with E-state index in [0.717, 1.165) is 5.56 Å². The van der Waals surface area contributed by atoms with Crippen LogP contribution < -0.4 is 0 Å². The maximum Gasteiger partial charge on any atom is 0.423 e. The zero-order valence-electron chi connectivity index (χ0n) is 17.0. The largest absolute Gasteiger partial charge is 0.423 e. The summed E-state index contributed by atoms with van der Waals surface area (Å²) in [6.07, 6.45) is -1.98. The summed E-state index contributed by atoms with van der Waals surface area (Å²) in [5.41, 5.74) is -1.05. The molecule has 0 radical (unpaired) electrons. The van der Waals surface area contributed by atoms with Crippen LogP contribution in [0.15, 0.2) is 77.9 Å². The molecule has 2 heterocycles. The van der Waals surface area contributed by atoms with Gasteiger partial charge in [0.15, 0.2) is 0 Å². The van der Waals surface area contributed by atoms with Crippen LogP contribution in [0.4, 0.5) is 17.6 Å². The second kappa shape index (κ2) is 7.71. The zero-order chi connectivity index (χ0) is 23.4. The first-order chi connectivity index (χ1) is 15.7. The highest BCUT2D eigenvalue weighted by molar-refractivity contribution is 6.35. The van der Waals surface area contributed by atoms with Crippen molar-refractivity contribution in [3.63, 3.8) is 0 Å². The van der Waals surface area contributed by atoms with E-state index in [2.05, 4.69) is 4.99 Å². The third kappa shape index (κ3) is 3.61. The van der Waals surface area contributed by atoms with Gasteiger partial charge in [0.2, 0.25) is 5.60 Å². The maximum absolute atomic E-state index is 14.2. The van der Waals surface area contributed by atoms with E-state index in [1.807, 2.05) is 0 Å². The molecule has 1 aliphatic heterocycles. The Kier molecular flexibility index (Phi) is 5.06. The number of hydrogen-bond acceptors (Lipinski definition) is 2. The molecule has 0 saturated heterocycles. The minimum atomic E-state index is -4.94. The number of aromatic nitrogens is 1. The molecule has 33 heavy (non-hydrogen) atoms. The van der Waals surface area contributed by atoms with Crippen LogP contribution in [0.5, 0.6) is 0 Å². The van der Waals surface area contributed by atoms with Crippen molar-refractivity contribution in [2.45, 2.75) is 24.4 Å². The van der Waals surface area contributed by atoms with Crippen LogP contribution in [0.25, 0.3) is 10.9 Å². The molecule has 4 aromatic rings. The van der Waals surface area contributed by atoms with Gasteiger partial charge in [-0.05, 0) is 58.7 Å². The quantitative estimate of drug-likeness (QED) is 0.343. The van der Waals surface area contributed by atoms with Crippen molar-refractivity contribution in [2.24, 2.45) is 4.99 Å². The Morgan fingerprint density at radius 2 is 1.76 bits per heavy atom. The van der Waals surface area contributed by atoms with Crippen molar-refractivity contribution in [2.75, 3.05) is 0 Å². The molecular formula is C25H17ClF4N2O. The van der Waals surface area contributed by atoms with Crippen LogP contribution in [-0.4, -0.2) is 22.1 Å². The van der Waals surface area contributed by atoms with E-state index in [9.17, 15) is 22.7 Å². The molecule has 168 valence electrons. The van der Waals surface area contributed by atoms with Crippen molar-refractivity contribution in [3.05, 3.63) is 106 Å². The van der Waals surface area contributed by atoms with Crippen LogP contribution in [0.3, 0.4) is 0 Å². The number of benzene rings is 3. The lowest BCUT2D eigenvalue weighted by Crippen LogP contribution is -2.45. The van der Waals surface area contributed by atoms with E-state index in [-0.39, 0.29) is 11.4 Å². The predicted octanol–water partition coefficient (Wildman–Crippen LogP) is 6.41. The van der Waals surface area contributed by atoms with E-state index in [1.54, 1.807) is 36.4 Å². The molecule has 1 aromatic heterocycles. The van der Waals surface area contributed by atoms with Crippen LogP contribution in [-0.2, 0) is 12.1 Å². The first kappa shape index (κ1) is 21.7. The Bertz CT molecular complexity index is 1380. The summed E-state index contributed by atoms with van der Waals surface area (Å²) in [5, 5.41) is 12.0. The van der Waals surface area contributed by atoms with Crippen LogP contribution in [0.2, 0.25) is 5.02 Å². The van der Waals surface area contributed by atoms with Gasteiger partial charge in [0, 0.05) is 28.3 Å². The molecule has 3 aromatic carbocycles. The highest BCUT2D eigenvalue weighted by atomic mass is 35.5. The van der Waals surface area contributed by atoms with Crippen LogP contribution >= 0.6 is 11.6 Å². The minimum absolute atomic E-state index is 0.288. The first-order valence-corrected chi connectivity index (χ1v) is 10.5. The molecule has 3 nitrogen and oxygen atoms in total. The lowest BCUT2D eigenvalue weighted by molar-refractivity contribution is -0.271. The average Bonchev–Trinajstić information content (AvgIpc) is 3.38. The van der Waals surface area contributed by atoms with Gasteiger partial charge in [-0.15, -0.1) is 0 Å². The van der Waals surface area contributed by atoms with E-state index >= 15 is 0 Å². The molecule has 8 heteroatoms. The van der Waals surface area contributed by atoms with Gasteiger partial charge in [-0.25, -0.2) is 4.39 Å². The Morgan fingerprint density at radius 3 is 2.48 bits per heavy atom. The number of alkyl halides is 3. The molecule has 2 atom stereocenters. The predicted molar refractivity (Wildman–Crippen MR) is 119 cm³/mol. The highest BCUT2D eigenvalue weighted by Crippen LogP contribution is 2.43. The van der Waals surface area contributed by atoms with Crippen molar-refractivity contribution < 1.29 is 22.7 Å². The summed E-state index contributed by atoms with van der Waals surface area (Å²) in [6.45, 7) is -0.738. The number of nitrogens with zero attached hydrogens (tertiary/aromatic N) is 2. The molecule has 5 rings (SSSR count). The number of fused-ring (bicyclic) bond motifs is 2. The molecule has 0 saturated carbocycles. The van der Waals surface area contributed by atoms with Gasteiger partial charge in [0.25, 0.3) is 0 Å². The molecule has 0 aliphatic carbocycles. The lowest BCUT2D eigenvalue weighted by atomic mass is 9.88. The molecule has 0 fully saturated rings. The fraction of sp³-hybridized carbons (Fsp3) is 0.160. The fourth-order valence-corrected chi connectivity index (χ4v) is 4.49. The lowest BCUT2D eigenvalue weighted by Gasteiger charge is -2.32. The van der Waals surface area contributed by atoms with Gasteiger partial charge in [-0.3, -0.25) is 4.99 Å². The molecular weight excluding hydrogens is 456 g/mol. The van der Waals surface area contributed by atoms with Crippen LogP contribution in [0.1, 0.15) is 28.3 Å². The second-order valence-electron chi connectivity index (χ2n) is 8.05. The van der Waals surface area contributed by atoms with Gasteiger partial charge in [-0.2, -0.15) is 13.2 Å². The van der Waals surface area contributed by atoms with Gasteiger partial charge >= 0.3 is 6.18 Å². The number of aliphatic hydroxyl groups is 1. The van der Waals surface area contributed by atoms with Crippen molar-refractivity contribution in [3.8, 4) is 0 Å². The maximum atomic E-state index is 14.2. The summed E-state index contributed by atoms with van der Waals surface area (Å²) in [6, 6.07) is 16.1. The Balaban J connectivity index is 1.54. The minimum Gasteiger partial charge on any atom is -0.375 e. The summed E-state index contributed by atoms with van der Waals surface area (Å²) < 4.78 is 57.3. The normalized spacial score (nSPS) is 17.3. The van der Waals surface area contributed by atoms with E-state index in [0.29, 0.717) is 27.1 Å². The molecule has 0 spiro atoms. The number of hydrogen-bond donors (Lipinski definition) is 1. The second-order valence-corrected chi connectivity index (χ2v) is 8.46. The van der Waals surface area contributed by atoms with Crippen LogP contribution in [0, 0.1) is 5.82 Å². The first-order valence-electron chi connectivity index (χ1n) is 10.1. The molecule has 2 unspecified atom stereocenters. The topological polar surface area (TPSA) is 37.5 Å². The SMILES string of the molecule is OC(Cn1ccc2c(Cl)cccc21)(c1ccc2c(c1)C=NC2c1ccc(F)cc1)C(F)(F)F. The third-order valence-electron chi connectivity index (χ3n) is 6.04. The average molecular weight is 473 g/mol. The Labute approximate surface area is 191 Å². The standard InChI is InChI=1S/C25H17ClF4N2O/c26-21-2-1-3-22-20(21)10-11-32(22)14-24(33,25(28,29)30)17-6-9-19-16(12-17)13-31-23(19)15-4-7-18(27)8-5-15/h1-13,23,33H,14H2. The smallest absolute Gasteiger partial charge is 0.375 e. The number of halogens is 5. The number of aliphatic imine (C=N–C) groups is 1.